The molecule has 110 valence electrons. The number of pyridine rings is 1. The van der Waals surface area contributed by atoms with Gasteiger partial charge in [0.2, 0.25) is 17.7 Å². The Morgan fingerprint density at radius 2 is 2.24 bits per heavy atom. The lowest BCUT2D eigenvalue weighted by molar-refractivity contribution is -0.134. The molecule has 1 atom stereocenters. The molecular weight excluding hydrogens is 272 g/mol. The number of carbonyl (C=O) groups is 1. The Labute approximate surface area is 121 Å². The van der Waals surface area contributed by atoms with Crippen molar-refractivity contribution in [2.24, 2.45) is 0 Å². The van der Waals surface area contributed by atoms with Crippen molar-refractivity contribution in [1.29, 1.82) is 0 Å². The van der Waals surface area contributed by atoms with E-state index in [1.807, 2.05) is 12.1 Å². The molecule has 2 aromatic rings. The summed E-state index contributed by atoms with van der Waals surface area (Å²) in [5.74, 6) is 1.14. The second-order valence-corrected chi connectivity index (χ2v) is 4.94. The smallest absolute Gasteiger partial charge is 0.248 e. The highest BCUT2D eigenvalue weighted by Crippen LogP contribution is 2.28. The van der Waals surface area contributed by atoms with Gasteiger partial charge in [-0.25, -0.2) is 0 Å². The lowest BCUT2D eigenvalue weighted by Crippen LogP contribution is -2.31. The maximum Gasteiger partial charge on any atom is 0.248 e. The average molecular weight is 288 g/mol. The first-order valence-corrected chi connectivity index (χ1v) is 6.78. The lowest BCUT2D eigenvalue weighted by Gasteiger charge is -2.14. The van der Waals surface area contributed by atoms with E-state index in [9.17, 15) is 4.79 Å². The van der Waals surface area contributed by atoms with E-state index in [2.05, 4.69) is 15.2 Å². The van der Waals surface area contributed by atoms with Gasteiger partial charge in [-0.2, -0.15) is 0 Å². The standard InChI is InChI=1S/C14H16N4O3/c1-20-9-12(19)18-7-4-11(8-18)14-17-16-13(21-14)10-2-5-15-6-3-10/h2-3,5-6,11H,4,7-9H2,1H3/t11-/m0/s1. The van der Waals surface area contributed by atoms with Crippen molar-refractivity contribution >= 4 is 5.91 Å². The van der Waals surface area contributed by atoms with Crippen LogP contribution in [-0.4, -0.2) is 52.8 Å². The summed E-state index contributed by atoms with van der Waals surface area (Å²) in [6, 6.07) is 3.64. The predicted molar refractivity (Wildman–Crippen MR) is 73.3 cm³/mol. The first kappa shape index (κ1) is 13.7. The van der Waals surface area contributed by atoms with E-state index in [0.29, 0.717) is 24.9 Å². The van der Waals surface area contributed by atoms with Crippen LogP contribution in [0.1, 0.15) is 18.2 Å². The summed E-state index contributed by atoms with van der Waals surface area (Å²) in [6.07, 6.45) is 4.19. The van der Waals surface area contributed by atoms with E-state index >= 15 is 0 Å². The van der Waals surface area contributed by atoms with Crippen molar-refractivity contribution in [3.63, 3.8) is 0 Å². The highest BCUT2D eigenvalue weighted by Gasteiger charge is 2.30. The quantitative estimate of drug-likeness (QED) is 0.837. The molecule has 0 unspecified atom stereocenters. The molecule has 1 fully saturated rings. The number of nitrogens with zero attached hydrogens (tertiary/aromatic N) is 4. The van der Waals surface area contributed by atoms with Crippen molar-refractivity contribution < 1.29 is 13.9 Å². The van der Waals surface area contributed by atoms with Gasteiger partial charge in [-0.15, -0.1) is 10.2 Å². The number of rotatable bonds is 4. The Balaban J connectivity index is 1.69. The maximum absolute atomic E-state index is 11.8. The Hall–Kier alpha value is -2.28. The Morgan fingerprint density at radius 3 is 3.00 bits per heavy atom. The van der Waals surface area contributed by atoms with E-state index in [-0.39, 0.29) is 18.4 Å². The number of hydrogen-bond acceptors (Lipinski definition) is 6. The molecule has 3 heterocycles. The van der Waals surface area contributed by atoms with Gasteiger partial charge in [-0.3, -0.25) is 9.78 Å². The van der Waals surface area contributed by atoms with Crippen molar-refractivity contribution in [2.75, 3.05) is 26.8 Å². The monoisotopic (exact) mass is 288 g/mol. The normalized spacial score (nSPS) is 18.1. The molecule has 3 rings (SSSR count). The van der Waals surface area contributed by atoms with Crippen LogP contribution in [-0.2, 0) is 9.53 Å². The molecule has 1 aliphatic rings. The number of hydrogen-bond donors (Lipinski definition) is 0. The number of ether oxygens (including phenoxy) is 1. The number of likely N-dealkylation sites (tertiary alicyclic amines) is 1. The molecule has 7 heteroatoms. The summed E-state index contributed by atoms with van der Waals surface area (Å²) < 4.78 is 10.6. The number of carbonyl (C=O) groups excluding carboxylic acids is 1. The second kappa shape index (κ2) is 6.01. The molecule has 0 N–H and O–H groups in total. The van der Waals surface area contributed by atoms with Crippen LogP contribution >= 0.6 is 0 Å². The molecule has 7 nitrogen and oxygen atoms in total. The van der Waals surface area contributed by atoms with Crippen LogP contribution in [0.2, 0.25) is 0 Å². The summed E-state index contributed by atoms with van der Waals surface area (Å²) >= 11 is 0. The van der Waals surface area contributed by atoms with Crippen LogP contribution in [0.3, 0.4) is 0 Å². The molecule has 1 saturated heterocycles. The lowest BCUT2D eigenvalue weighted by atomic mass is 10.1. The van der Waals surface area contributed by atoms with Crippen LogP contribution in [0.5, 0.6) is 0 Å². The summed E-state index contributed by atoms with van der Waals surface area (Å²) in [5.41, 5.74) is 0.842. The van der Waals surface area contributed by atoms with Crippen molar-refractivity contribution in [3.05, 3.63) is 30.4 Å². The fourth-order valence-electron chi connectivity index (χ4n) is 2.41. The Morgan fingerprint density at radius 1 is 1.43 bits per heavy atom. The second-order valence-electron chi connectivity index (χ2n) is 4.94. The summed E-state index contributed by atoms with van der Waals surface area (Å²) in [6.45, 7) is 1.40. The number of aromatic nitrogens is 3. The van der Waals surface area contributed by atoms with Crippen LogP contribution in [0.25, 0.3) is 11.5 Å². The zero-order valence-corrected chi connectivity index (χ0v) is 11.7. The van der Waals surface area contributed by atoms with Gasteiger partial charge in [0.1, 0.15) is 6.61 Å². The van der Waals surface area contributed by atoms with Gasteiger partial charge in [0.15, 0.2) is 0 Å². The van der Waals surface area contributed by atoms with E-state index in [4.69, 9.17) is 9.15 Å². The van der Waals surface area contributed by atoms with Crippen molar-refractivity contribution in [3.8, 4) is 11.5 Å². The minimum absolute atomic E-state index is 0.00567. The van der Waals surface area contributed by atoms with Crippen LogP contribution in [0.4, 0.5) is 0 Å². The van der Waals surface area contributed by atoms with Gasteiger partial charge in [-0.1, -0.05) is 0 Å². The molecule has 21 heavy (non-hydrogen) atoms. The third-order valence-electron chi connectivity index (χ3n) is 3.53. The molecule has 0 radical (unpaired) electrons. The highest BCUT2D eigenvalue weighted by atomic mass is 16.5. The van der Waals surface area contributed by atoms with Gasteiger partial charge < -0.3 is 14.1 Å². The van der Waals surface area contributed by atoms with Gasteiger partial charge in [0, 0.05) is 38.2 Å². The van der Waals surface area contributed by atoms with Crippen LogP contribution < -0.4 is 0 Å². The predicted octanol–water partition coefficient (Wildman–Crippen LogP) is 1.09. The Kier molecular flexibility index (Phi) is 3.92. The van der Waals surface area contributed by atoms with Gasteiger partial charge in [0.25, 0.3) is 0 Å². The van der Waals surface area contributed by atoms with Gasteiger partial charge in [0.05, 0.1) is 5.92 Å². The third kappa shape index (κ3) is 2.92. The minimum atomic E-state index is -0.00567. The molecule has 0 aliphatic carbocycles. The molecule has 0 aromatic carbocycles. The third-order valence-corrected chi connectivity index (χ3v) is 3.53. The molecule has 1 aliphatic heterocycles. The van der Waals surface area contributed by atoms with E-state index in [1.54, 1.807) is 17.3 Å². The van der Waals surface area contributed by atoms with Crippen molar-refractivity contribution in [2.45, 2.75) is 12.3 Å². The highest BCUT2D eigenvalue weighted by molar-refractivity contribution is 5.77. The largest absolute Gasteiger partial charge is 0.420 e. The Bertz CT molecular complexity index is 614. The summed E-state index contributed by atoms with van der Waals surface area (Å²) in [7, 11) is 1.52. The fraction of sp³-hybridized carbons (Fsp3) is 0.429. The van der Waals surface area contributed by atoms with Crippen LogP contribution in [0.15, 0.2) is 28.9 Å². The maximum atomic E-state index is 11.8. The molecule has 1 amide bonds. The SMILES string of the molecule is COCC(=O)N1CC[C@H](c2nnc(-c3ccncc3)o2)C1. The van der Waals surface area contributed by atoms with E-state index in [0.717, 1.165) is 12.0 Å². The van der Waals surface area contributed by atoms with Gasteiger partial charge in [-0.05, 0) is 18.6 Å². The zero-order valence-electron chi connectivity index (χ0n) is 11.7. The van der Waals surface area contributed by atoms with Gasteiger partial charge >= 0.3 is 0 Å². The number of amides is 1. The molecule has 2 aromatic heterocycles. The van der Waals surface area contributed by atoms with Crippen molar-refractivity contribution in [1.82, 2.24) is 20.1 Å². The summed E-state index contributed by atoms with van der Waals surface area (Å²) in [5, 5.41) is 8.17. The minimum Gasteiger partial charge on any atom is -0.420 e. The summed E-state index contributed by atoms with van der Waals surface area (Å²) in [4.78, 5) is 17.5. The average Bonchev–Trinajstić information content (AvgIpc) is 3.17. The molecule has 0 bridgehead atoms. The van der Waals surface area contributed by atoms with E-state index in [1.165, 1.54) is 7.11 Å². The van der Waals surface area contributed by atoms with Crippen LogP contribution in [0, 0.1) is 0 Å². The number of methoxy groups -OCH3 is 1. The first-order valence-electron chi connectivity index (χ1n) is 6.78. The molecular formula is C14H16N4O3. The van der Waals surface area contributed by atoms with E-state index < -0.39 is 0 Å². The molecule has 0 spiro atoms. The fourth-order valence-corrected chi connectivity index (χ4v) is 2.41. The molecule has 0 saturated carbocycles. The zero-order chi connectivity index (χ0) is 14.7. The first-order chi connectivity index (χ1) is 10.3. The topological polar surface area (TPSA) is 81.4 Å².